The number of anilines is 1. The second-order valence-corrected chi connectivity index (χ2v) is 8.63. The molecule has 0 unspecified atom stereocenters. The van der Waals surface area contributed by atoms with Crippen molar-refractivity contribution in [2.24, 2.45) is 5.41 Å². The van der Waals surface area contributed by atoms with Crippen LogP contribution >= 0.6 is 27.5 Å². The fourth-order valence-corrected chi connectivity index (χ4v) is 4.17. The van der Waals surface area contributed by atoms with Crippen molar-refractivity contribution >= 4 is 43.2 Å². The van der Waals surface area contributed by atoms with Gasteiger partial charge in [0.05, 0.1) is 10.7 Å². The van der Waals surface area contributed by atoms with Crippen molar-refractivity contribution in [3.05, 3.63) is 21.6 Å². The van der Waals surface area contributed by atoms with E-state index < -0.39 is 10.0 Å². The average molecular weight is 368 g/mol. The highest BCUT2D eigenvalue weighted by Crippen LogP contribution is 2.34. The Morgan fingerprint density at radius 2 is 2.00 bits per heavy atom. The summed E-state index contributed by atoms with van der Waals surface area (Å²) in [5.74, 6) is 0. The first-order valence-corrected chi connectivity index (χ1v) is 8.52. The van der Waals surface area contributed by atoms with Gasteiger partial charge in [0.1, 0.15) is 4.90 Å². The van der Waals surface area contributed by atoms with E-state index in [0.717, 1.165) is 0 Å². The van der Waals surface area contributed by atoms with Crippen LogP contribution < -0.4 is 10.0 Å². The first kappa shape index (κ1) is 15.1. The third kappa shape index (κ3) is 3.07. The molecule has 1 aromatic carbocycles. The van der Waals surface area contributed by atoms with Gasteiger partial charge < -0.3 is 5.32 Å². The minimum Gasteiger partial charge on any atom is -0.382 e. The molecule has 7 heteroatoms. The third-order valence-corrected chi connectivity index (χ3v) is 5.86. The molecule has 1 aliphatic heterocycles. The third-order valence-electron chi connectivity index (χ3n) is 3.15. The van der Waals surface area contributed by atoms with Crippen LogP contribution in [0.25, 0.3) is 0 Å². The number of benzene rings is 1. The Labute approximate surface area is 127 Å². The van der Waals surface area contributed by atoms with Crippen LogP contribution in [0.4, 0.5) is 5.69 Å². The Morgan fingerprint density at radius 3 is 2.58 bits per heavy atom. The lowest BCUT2D eigenvalue weighted by Crippen LogP contribution is -2.46. The molecule has 0 spiro atoms. The first-order valence-electron chi connectivity index (χ1n) is 5.86. The molecule has 19 heavy (non-hydrogen) atoms. The monoisotopic (exact) mass is 366 g/mol. The van der Waals surface area contributed by atoms with E-state index >= 15 is 0 Å². The summed E-state index contributed by atoms with van der Waals surface area (Å²) in [6, 6.07) is 2.96. The fraction of sp³-hybridized carbons (Fsp3) is 0.500. The van der Waals surface area contributed by atoms with Crippen molar-refractivity contribution in [1.82, 2.24) is 4.72 Å². The fourth-order valence-electron chi connectivity index (χ4n) is 1.88. The van der Waals surface area contributed by atoms with Crippen LogP contribution in [-0.4, -0.2) is 21.0 Å². The smallest absolute Gasteiger partial charge is 0.242 e. The molecule has 2 N–H and O–H groups in total. The van der Waals surface area contributed by atoms with E-state index in [1.165, 1.54) is 6.07 Å². The summed E-state index contributed by atoms with van der Waals surface area (Å²) in [7, 11) is -3.55. The van der Waals surface area contributed by atoms with Gasteiger partial charge in [0, 0.05) is 17.1 Å². The molecule has 4 nitrogen and oxygen atoms in total. The maximum Gasteiger partial charge on any atom is 0.242 e. The van der Waals surface area contributed by atoms with Crippen molar-refractivity contribution in [1.29, 1.82) is 0 Å². The maximum atomic E-state index is 12.4. The highest BCUT2D eigenvalue weighted by Gasteiger charge is 2.33. The number of sulfonamides is 1. The SMILES string of the molecule is CC(C)(C)[C@@H]1CNc2cc(Cl)c(Br)cc2S(=O)(=O)N1. The Hall–Kier alpha value is -0.300. The molecule has 1 aliphatic rings. The summed E-state index contributed by atoms with van der Waals surface area (Å²) in [4.78, 5) is 0.218. The topological polar surface area (TPSA) is 58.2 Å². The molecule has 0 aliphatic carbocycles. The lowest BCUT2D eigenvalue weighted by molar-refractivity contribution is 0.311. The van der Waals surface area contributed by atoms with Crippen LogP contribution in [0.5, 0.6) is 0 Å². The molecular formula is C12H16BrClN2O2S. The molecule has 106 valence electrons. The number of halogens is 2. The van der Waals surface area contributed by atoms with Crippen molar-refractivity contribution in [3.8, 4) is 0 Å². The molecule has 0 aromatic heterocycles. The van der Waals surface area contributed by atoms with Crippen LogP contribution in [0.1, 0.15) is 20.8 Å². The molecule has 1 atom stereocenters. The molecule has 0 bridgehead atoms. The maximum absolute atomic E-state index is 12.4. The summed E-state index contributed by atoms with van der Waals surface area (Å²) in [6.45, 7) is 6.52. The molecule has 0 saturated heterocycles. The number of fused-ring (bicyclic) bond motifs is 1. The minimum absolute atomic E-state index is 0.177. The van der Waals surface area contributed by atoms with Gasteiger partial charge in [0.25, 0.3) is 0 Å². The molecule has 0 saturated carbocycles. The minimum atomic E-state index is -3.55. The van der Waals surface area contributed by atoms with Crippen LogP contribution in [0.2, 0.25) is 5.02 Å². The molecule has 2 rings (SSSR count). The zero-order valence-electron chi connectivity index (χ0n) is 10.9. The van der Waals surface area contributed by atoms with Crippen molar-refractivity contribution < 1.29 is 8.42 Å². The normalized spacial score (nSPS) is 22.3. The molecule has 1 aromatic rings. The second-order valence-electron chi connectivity index (χ2n) is 5.68. The number of hydrogen-bond donors (Lipinski definition) is 2. The van der Waals surface area contributed by atoms with Gasteiger partial charge in [-0.2, -0.15) is 0 Å². The zero-order valence-corrected chi connectivity index (χ0v) is 14.1. The van der Waals surface area contributed by atoms with Crippen molar-refractivity contribution in [2.75, 3.05) is 11.9 Å². The molecule has 0 amide bonds. The van der Waals surface area contributed by atoms with Gasteiger partial charge in [-0.15, -0.1) is 0 Å². The van der Waals surface area contributed by atoms with Gasteiger partial charge in [0.15, 0.2) is 0 Å². The van der Waals surface area contributed by atoms with Gasteiger partial charge in [-0.05, 0) is 33.5 Å². The van der Waals surface area contributed by atoms with Gasteiger partial charge in [-0.3, -0.25) is 0 Å². The van der Waals surface area contributed by atoms with Crippen molar-refractivity contribution in [3.63, 3.8) is 0 Å². The van der Waals surface area contributed by atoms with Gasteiger partial charge in [-0.25, -0.2) is 13.1 Å². The molecular weight excluding hydrogens is 352 g/mol. The van der Waals surface area contributed by atoms with E-state index in [-0.39, 0.29) is 16.4 Å². The number of rotatable bonds is 0. The molecule has 0 radical (unpaired) electrons. The van der Waals surface area contributed by atoms with E-state index in [1.807, 2.05) is 20.8 Å². The van der Waals surface area contributed by atoms with Crippen LogP contribution in [0, 0.1) is 5.41 Å². The lowest BCUT2D eigenvalue weighted by Gasteiger charge is -2.29. The van der Waals surface area contributed by atoms with Gasteiger partial charge >= 0.3 is 0 Å². The number of hydrogen-bond acceptors (Lipinski definition) is 3. The summed E-state index contributed by atoms with van der Waals surface area (Å²) in [6.07, 6.45) is 0. The van der Waals surface area contributed by atoms with E-state index in [1.54, 1.807) is 6.07 Å². The summed E-state index contributed by atoms with van der Waals surface area (Å²) >= 11 is 9.27. The summed E-state index contributed by atoms with van der Waals surface area (Å²) < 4.78 is 28.1. The van der Waals surface area contributed by atoms with Gasteiger partial charge in [0.2, 0.25) is 10.0 Å². The summed E-state index contributed by atoms with van der Waals surface area (Å²) in [5, 5.41) is 3.64. The Kier molecular flexibility index (Phi) is 3.90. The van der Waals surface area contributed by atoms with E-state index in [9.17, 15) is 8.42 Å². The highest BCUT2D eigenvalue weighted by atomic mass is 79.9. The quantitative estimate of drug-likeness (QED) is 0.740. The Morgan fingerprint density at radius 1 is 1.37 bits per heavy atom. The molecule has 1 heterocycles. The first-order chi connectivity index (χ1) is 8.61. The predicted octanol–water partition coefficient (Wildman–Crippen LogP) is 3.22. The largest absolute Gasteiger partial charge is 0.382 e. The average Bonchev–Trinajstić information content (AvgIpc) is 2.37. The lowest BCUT2D eigenvalue weighted by atomic mass is 9.87. The second kappa shape index (κ2) is 4.91. The zero-order chi connectivity index (χ0) is 14.4. The predicted molar refractivity (Wildman–Crippen MR) is 81.2 cm³/mol. The van der Waals surface area contributed by atoms with E-state index in [2.05, 4.69) is 26.0 Å². The van der Waals surface area contributed by atoms with E-state index in [4.69, 9.17) is 11.6 Å². The van der Waals surface area contributed by atoms with E-state index in [0.29, 0.717) is 21.7 Å². The Bertz CT molecular complexity index is 611. The Balaban J connectivity index is 2.53. The standard InChI is InChI=1S/C12H16BrClN2O2S/c1-12(2,3)11-6-15-9-5-8(14)7(13)4-10(9)19(17,18)16-11/h4-5,11,15-16H,6H2,1-3H3/t11-/m0/s1. The van der Waals surface area contributed by atoms with Crippen LogP contribution in [0.15, 0.2) is 21.5 Å². The van der Waals surface area contributed by atoms with Gasteiger partial charge in [-0.1, -0.05) is 32.4 Å². The van der Waals surface area contributed by atoms with Crippen molar-refractivity contribution in [2.45, 2.75) is 31.7 Å². The van der Waals surface area contributed by atoms with Crippen LogP contribution in [0.3, 0.4) is 0 Å². The molecule has 0 fully saturated rings. The van der Waals surface area contributed by atoms with Crippen LogP contribution in [-0.2, 0) is 10.0 Å². The highest BCUT2D eigenvalue weighted by molar-refractivity contribution is 9.10. The summed E-state index contributed by atoms with van der Waals surface area (Å²) in [5.41, 5.74) is 0.357. The number of nitrogens with one attached hydrogen (secondary N) is 2.